The first-order valence-electron chi connectivity index (χ1n) is 7.52. The predicted molar refractivity (Wildman–Crippen MR) is 89.2 cm³/mol. The van der Waals surface area contributed by atoms with E-state index in [4.69, 9.17) is 4.74 Å². The lowest BCUT2D eigenvalue weighted by Crippen LogP contribution is -2.08. The van der Waals surface area contributed by atoms with E-state index < -0.39 is 0 Å². The van der Waals surface area contributed by atoms with Gasteiger partial charge in [0, 0.05) is 30.8 Å². The zero-order valence-electron chi connectivity index (χ0n) is 13.3. The molecular formula is C17H22N4O. The summed E-state index contributed by atoms with van der Waals surface area (Å²) >= 11 is 0. The fraction of sp³-hybridized carbons (Fsp3) is 0.353. The molecule has 0 bridgehead atoms. The molecule has 3 rings (SSSR count). The highest BCUT2D eigenvalue weighted by Crippen LogP contribution is 2.22. The van der Waals surface area contributed by atoms with Crippen molar-refractivity contribution in [3.05, 3.63) is 47.4 Å². The van der Waals surface area contributed by atoms with Gasteiger partial charge in [0.25, 0.3) is 0 Å². The Bertz CT molecular complexity index is 772. The maximum Gasteiger partial charge on any atom is 0.0828 e. The van der Waals surface area contributed by atoms with Crippen LogP contribution in [-0.2, 0) is 17.8 Å². The molecule has 0 aliphatic heterocycles. The molecular weight excluding hydrogens is 276 g/mol. The van der Waals surface area contributed by atoms with Gasteiger partial charge in [0.05, 0.1) is 30.2 Å². The molecule has 1 aromatic carbocycles. The number of hydrogen-bond donors (Lipinski definition) is 2. The lowest BCUT2D eigenvalue weighted by molar-refractivity contribution is 0.182. The van der Waals surface area contributed by atoms with Gasteiger partial charge >= 0.3 is 0 Å². The SMILES string of the molecule is COCCn1nc(C)c(NCc2cccc3[nH]ccc23)c1C. The third-order valence-electron chi connectivity index (χ3n) is 4.03. The molecule has 0 aliphatic carbocycles. The molecule has 0 fully saturated rings. The van der Waals surface area contributed by atoms with Crippen LogP contribution < -0.4 is 5.32 Å². The Morgan fingerprint density at radius 1 is 1.27 bits per heavy atom. The number of nitrogens with zero attached hydrogens (tertiary/aromatic N) is 2. The molecule has 0 atom stereocenters. The van der Waals surface area contributed by atoms with E-state index in [-0.39, 0.29) is 0 Å². The van der Waals surface area contributed by atoms with Crippen LogP contribution in [0, 0.1) is 13.8 Å². The molecule has 2 N–H and O–H groups in total. The van der Waals surface area contributed by atoms with Gasteiger partial charge in [-0.1, -0.05) is 12.1 Å². The second-order valence-corrected chi connectivity index (χ2v) is 5.47. The number of nitrogens with one attached hydrogen (secondary N) is 2. The van der Waals surface area contributed by atoms with Crippen LogP contribution in [0.2, 0.25) is 0 Å². The van der Waals surface area contributed by atoms with Crippen molar-refractivity contribution in [2.45, 2.75) is 26.9 Å². The summed E-state index contributed by atoms with van der Waals surface area (Å²) in [5, 5.41) is 9.38. The molecule has 3 aromatic rings. The van der Waals surface area contributed by atoms with E-state index in [0.717, 1.165) is 30.2 Å². The number of H-pyrrole nitrogens is 1. The van der Waals surface area contributed by atoms with Crippen molar-refractivity contribution in [3.8, 4) is 0 Å². The van der Waals surface area contributed by atoms with Crippen LogP contribution in [0.4, 0.5) is 5.69 Å². The van der Waals surface area contributed by atoms with Crippen LogP contribution in [-0.4, -0.2) is 28.5 Å². The maximum atomic E-state index is 5.13. The highest BCUT2D eigenvalue weighted by molar-refractivity contribution is 5.83. The van der Waals surface area contributed by atoms with Crippen LogP contribution in [0.25, 0.3) is 10.9 Å². The first-order valence-corrected chi connectivity index (χ1v) is 7.52. The monoisotopic (exact) mass is 298 g/mol. The van der Waals surface area contributed by atoms with Gasteiger partial charge in [-0.15, -0.1) is 0 Å². The lowest BCUT2D eigenvalue weighted by Gasteiger charge is -2.09. The molecule has 0 radical (unpaired) electrons. The van der Waals surface area contributed by atoms with Crippen LogP contribution in [0.5, 0.6) is 0 Å². The third-order valence-corrected chi connectivity index (χ3v) is 4.03. The van der Waals surface area contributed by atoms with Crippen molar-refractivity contribution >= 4 is 16.6 Å². The number of aryl methyl sites for hydroxylation is 1. The average molecular weight is 298 g/mol. The number of ether oxygens (including phenoxy) is 1. The summed E-state index contributed by atoms with van der Waals surface area (Å²) in [4.78, 5) is 3.25. The summed E-state index contributed by atoms with van der Waals surface area (Å²) in [6, 6.07) is 8.45. The molecule has 2 aromatic heterocycles. The fourth-order valence-corrected chi connectivity index (χ4v) is 2.84. The number of fused-ring (bicyclic) bond motifs is 1. The van der Waals surface area contributed by atoms with Crippen molar-refractivity contribution in [1.82, 2.24) is 14.8 Å². The van der Waals surface area contributed by atoms with E-state index >= 15 is 0 Å². The number of benzene rings is 1. The van der Waals surface area contributed by atoms with E-state index in [1.54, 1.807) is 7.11 Å². The smallest absolute Gasteiger partial charge is 0.0828 e. The number of aromatic nitrogens is 3. The summed E-state index contributed by atoms with van der Waals surface area (Å²) in [5.41, 5.74) is 5.74. The standard InChI is InChI=1S/C17H22N4O/c1-12-17(13(2)21(20-12)9-10-22-3)19-11-14-5-4-6-16-15(14)7-8-18-16/h4-8,18-19H,9-11H2,1-3H3. The highest BCUT2D eigenvalue weighted by Gasteiger charge is 2.11. The van der Waals surface area contributed by atoms with Crippen LogP contribution >= 0.6 is 0 Å². The van der Waals surface area contributed by atoms with E-state index in [0.29, 0.717) is 6.61 Å². The molecule has 0 unspecified atom stereocenters. The summed E-state index contributed by atoms with van der Waals surface area (Å²) in [5.74, 6) is 0. The van der Waals surface area contributed by atoms with Crippen molar-refractivity contribution in [2.24, 2.45) is 0 Å². The number of aromatic amines is 1. The molecule has 116 valence electrons. The molecule has 5 heteroatoms. The minimum atomic E-state index is 0.671. The number of methoxy groups -OCH3 is 1. The Hall–Kier alpha value is -2.27. The van der Waals surface area contributed by atoms with Gasteiger partial charge in [0.15, 0.2) is 0 Å². The van der Waals surface area contributed by atoms with Gasteiger partial charge in [0.2, 0.25) is 0 Å². The molecule has 22 heavy (non-hydrogen) atoms. The first kappa shape index (κ1) is 14.7. The van der Waals surface area contributed by atoms with Crippen LogP contribution in [0.3, 0.4) is 0 Å². The molecule has 0 amide bonds. The molecule has 0 saturated carbocycles. The number of rotatable bonds is 6. The van der Waals surface area contributed by atoms with Crippen LogP contribution in [0.1, 0.15) is 17.0 Å². The van der Waals surface area contributed by atoms with Gasteiger partial charge in [0.1, 0.15) is 0 Å². The molecule has 0 spiro atoms. The second-order valence-electron chi connectivity index (χ2n) is 5.47. The Labute approximate surface area is 130 Å². The first-order chi connectivity index (χ1) is 10.7. The van der Waals surface area contributed by atoms with Crippen molar-refractivity contribution in [3.63, 3.8) is 0 Å². The summed E-state index contributed by atoms with van der Waals surface area (Å²) in [6.07, 6.45) is 1.98. The van der Waals surface area contributed by atoms with Crippen LogP contribution in [0.15, 0.2) is 30.5 Å². The van der Waals surface area contributed by atoms with Crippen molar-refractivity contribution < 1.29 is 4.74 Å². The highest BCUT2D eigenvalue weighted by atomic mass is 16.5. The average Bonchev–Trinajstić information content (AvgIpc) is 3.09. The van der Waals surface area contributed by atoms with Gasteiger partial charge in [-0.25, -0.2) is 0 Å². The zero-order valence-corrected chi connectivity index (χ0v) is 13.3. The van der Waals surface area contributed by atoms with Crippen molar-refractivity contribution in [1.29, 1.82) is 0 Å². The quantitative estimate of drug-likeness (QED) is 0.734. The zero-order chi connectivity index (χ0) is 15.5. The van der Waals surface area contributed by atoms with E-state index in [1.807, 2.05) is 17.8 Å². The number of anilines is 1. The van der Waals surface area contributed by atoms with E-state index in [1.165, 1.54) is 16.5 Å². The van der Waals surface area contributed by atoms with Gasteiger partial charge in [-0.3, -0.25) is 4.68 Å². The third kappa shape index (κ3) is 2.72. The largest absolute Gasteiger partial charge is 0.383 e. The van der Waals surface area contributed by atoms with E-state index in [2.05, 4.69) is 46.6 Å². The Kier molecular flexibility index (Phi) is 4.15. The molecule has 5 nitrogen and oxygen atoms in total. The topological polar surface area (TPSA) is 54.9 Å². The Morgan fingerprint density at radius 2 is 2.14 bits per heavy atom. The lowest BCUT2D eigenvalue weighted by atomic mass is 10.1. The summed E-state index contributed by atoms with van der Waals surface area (Å²) < 4.78 is 7.13. The minimum absolute atomic E-state index is 0.671. The minimum Gasteiger partial charge on any atom is -0.383 e. The molecule has 0 saturated heterocycles. The van der Waals surface area contributed by atoms with Crippen molar-refractivity contribution in [2.75, 3.05) is 19.0 Å². The predicted octanol–water partition coefficient (Wildman–Crippen LogP) is 3.24. The van der Waals surface area contributed by atoms with Gasteiger partial charge in [-0.2, -0.15) is 5.10 Å². The summed E-state index contributed by atoms with van der Waals surface area (Å²) in [7, 11) is 1.71. The number of hydrogen-bond acceptors (Lipinski definition) is 3. The normalized spacial score (nSPS) is 11.2. The van der Waals surface area contributed by atoms with Gasteiger partial charge in [-0.05, 0) is 31.5 Å². The summed E-state index contributed by atoms with van der Waals surface area (Å²) in [6.45, 7) is 6.36. The second kappa shape index (κ2) is 6.23. The molecule has 2 heterocycles. The fourth-order valence-electron chi connectivity index (χ4n) is 2.84. The Morgan fingerprint density at radius 3 is 2.95 bits per heavy atom. The van der Waals surface area contributed by atoms with Gasteiger partial charge < -0.3 is 15.0 Å². The maximum absolute atomic E-state index is 5.13. The van der Waals surface area contributed by atoms with E-state index in [9.17, 15) is 0 Å². The Balaban J connectivity index is 1.79. The molecule has 0 aliphatic rings.